The molecule has 3 N–H and O–H groups in total. The number of nitriles is 1. The Morgan fingerprint density at radius 2 is 2.11 bits per heavy atom. The number of hydrogen-bond acceptors (Lipinski definition) is 5. The van der Waals surface area contributed by atoms with Crippen molar-refractivity contribution in [3.8, 4) is 11.8 Å². The lowest BCUT2D eigenvalue weighted by atomic mass is 9.72. The van der Waals surface area contributed by atoms with Crippen LogP contribution in [0.5, 0.6) is 5.75 Å². The van der Waals surface area contributed by atoms with Crippen LogP contribution in [0.3, 0.4) is 0 Å². The number of amides is 3. The number of fused-ring (bicyclic) bond motifs is 1. The fourth-order valence-electron chi connectivity index (χ4n) is 6.34. The molecule has 5 rings (SSSR count). The van der Waals surface area contributed by atoms with Crippen molar-refractivity contribution in [2.75, 3.05) is 20.2 Å². The first kappa shape index (κ1) is 25.4. The number of aromatic amines is 1. The molecule has 3 fully saturated rings. The Hall–Kier alpha value is -3.25. The Balaban J connectivity index is 1.41. The molecule has 1 unspecified atom stereocenters. The van der Waals surface area contributed by atoms with Gasteiger partial charge in [0, 0.05) is 24.4 Å². The summed E-state index contributed by atoms with van der Waals surface area (Å²) in [6.45, 7) is 1.08. The molecule has 3 amide bonds. The summed E-state index contributed by atoms with van der Waals surface area (Å²) in [6, 6.07) is 5.84. The van der Waals surface area contributed by atoms with Crippen LogP contribution >= 0.6 is 11.6 Å². The Morgan fingerprint density at radius 1 is 1.32 bits per heavy atom. The molecule has 196 valence electrons. The monoisotopic (exact) mass is 525 g/mol. The van der Waals surface area contributed by atoms with Gasteiger partial charge < -0.3 is 25.3 Å². The molecule has 9 nitrogen and oxygen atoms in total. The van der Waals surface area contributed by atoms with Crippen molar-refractivity contribution in [1.82, 2.24) is 20.5 Å². The summed E-state index contributed by atoms with van der Waals surface area (Å²) in [7, 11) is 1.56. The minimum Gasteiger partial charge on any atom is -0.496 e. The second kappa shape index (κ2) is 10.3. The van der Waals surface area contributed by atoms with E-state index >= 15 is 0 Å². The number of aromatic nitrogens is 1. The van der Waals surface area contributed by atoms with E-state index in [4.69, 9.17) is 16.3 Å². The summed E-state index contributed by atoms with van der Waals surface area (Å²) in [6.07, 6.45) is 6.73. The number of carbonyl (C=O) groups is 3. The van der Waals surface area contributed by atoms with Crippen LogP contribution in [0.15, 0.2) is 18.2 Å². The van der Waals surface area contributed by atoms with Crippen LogP contribution in [0.2, 0.25) is 5.02 Å². The molecule has 0 bridgehead atoms. The molecule has 0 radical (unpaired) electrons. The van der Waals surface area contributed by atoms with Crippen molar-refractivity contribution in [1.29, 1.82) is 5.26 Å². The summed E-state index contributed by atoms with van der Waals surface area (Å²) in [5.41, 5.74) is 0.841. The van der Waals surface area contributed by atoms with E-state index in [-0.39, 0.29) is 35.5 Å². The van der Waals surface area contributed by atoms with E-state index in [0.717, 1.165) is 32.1 Å². The summed E-state index contributed by atoms with van der Waals surface area (Å²) in [4.78, 5) is 44.2. The van der Waals surface area contributed by atoms with E-state index < -0.39 is 12.1 Å². The number of carbonyl (C=O) groups excluding carboxylic acids is 3. The normalized spacial score (nSPS) is 23.6. The molecule has 1 aromatic carbocycles. The molecule has 37 heavy (non-hydrogen) atoms. The summed E-state index contributed by atoms with van der Waals surface area (Å²) < 4.78 is 5.44. The van der Waals surface area contributed by atoms with Gasteiger partial charge >= 0.3 is 0 Å². The first-order valence-corrected chi connectivity index (χ1v) is 13.4. The molecule has 1 aromatic heterocycles. The van der Waals surface area contributed by atoms with E-state index in [0.29, 0.717) is 53.3 Å². The molecule has 1 aliphatic carbocycles. The van der Waals surface area contributed by atoms with Gasteiger partial charge in [-0.1, -0.05) is 30.9 Å². The van der Waals surface area contributed by atoms with Crippen molar-refractivity contribution in [2.24, 2.45) is 11.3 Å². The lowest BCUT2D eigenvalue weighted by molar-refractivity contribution is -0.126. The minimum atomic E-state index is -0.794. The predicted octanol–water partition coefficient (Wildman–Crippen LogP) is 3.53. The first-order chi connectivity index (χ1) is 17.8. The van der Waals surface area contributed by atoms with Gasteiger partial charge in [-0.25, -0.2) is 0 Å². The Morgan fingerprint density at radius 3 is 2.78 bits per heavy atom. The third-order valence-corrected chi connectivity index (χ3v) is 8.61. The minimum absolute atomic E-state index is 0.0822. The zero-order chi connectivity index (χ0) is 26.2. The molecule has 3 aliphatic rings. The number of rotatable bonds is 6. The van der Waals surface area contributed by atoms with Gasteiger partial charge in [-0.3, -0.25) is 14.4 Å². The van der Waals surface area contributed by atoms with Gasteiger partial charge in [0.25, 0.3) is 5.91 Å². The number of halogens is 1. The van der Waals surface area contributed by atoms with Crippen molar-refractivity contribution in [2.45, 2.75) is 63.5 Å². The molecule has 2 aromatic rings. The zero-order valence-electron chi connectivity index (χ0n) is 20.9. The summed E-state index contributed by atoms with van der Waals surface area (Å²) >= 11 is 6.38. The van der Waals surface area contributed by atoms with E-state index in [2.05, 4.69) is 21.7 Å². The van der Waals surface area contributed by atoms with Gasteiger partial charge in [0.15, 0.2) is 0 Å². The summed E-state index contributed by atoms with van der Waals surface area (Å²) in [5.74, 6) is -0.390. The zero-order valence-corrected chi connectivity index (χ0v) is 21.7. The molecular weight excluding hydrogens is 494 g/mol. The van der Waals surface area contributed by atoms with E-state index in [1.54, 1.807) is 30.2 Å². The standard InChI is InChI=1S/C27H32ClN5O4/c1-37-22-6-5-19(28)23-18(22)12-20(32-23)26(36)33-15-27(8-3-2-4-9-27)13-21(33)25(35)31-17(14-29)11-16-7-10-30-24(16)34/h5-6,12,16-17,21,32H,2-4,7-11,13,15H2,1H3,(H,30,34)(H,31,35)/t16-,17-,21?/m0/s1. The van der Waals surface area contributed by atoms with Crippen LogP contribution in [-0.4, -0.2) is 59.9 Å². The first-order valence-electron chi connectivity index (χ1n) is 13.0. The van der Waals surface area contributed by atoms with E-state index in [9.17, 15) is 19.6 Å². The molecule has 3 atom stereocenters. The van der Waals surface area contributed by atoms with Crippen molar-refractivity contribution < 1.29 is 19.1 Å². The number of benzene rings is 1. The predicted molar refractivity (Wildman–Crippen MR) is 138 cm³/mol. The van der Waals surface area contributed by atoms with Crippen LogP contribution in [0.1, 0.15) is 61.9 Å². The van der Waals surface area contributed by atoms with Gasteiger partial charge in [-0.05, 0) is 55.7 Å². The Bertz CT molecular complexity index is 1260. The number of likely N-dealkylation sites (tertiary alicyclic amines) is 1. The van der Waals surface area contributed by atoms with Gasteiger partial charge in [-0.15, -0.1) is 0 Å². The van der Waals surface area contributed by atoms with Gasteiger partial charge in [0.05, 0.1) is 23.7 Å². The van der Waals surface area contributed by atoms with E-state index in [1.807, 2.05) is 0 Å². The maximum atomic E-state index is 13.9. The van der Waals surface area contributed by atoms with Crippen LogP contribution in [-0.2, 0) is 9.59 Å². The third-order valence-electron chi connectivity index (χ3n) is 8.29. The molecule has 3 heterocycles. The highest BCUT2D eigenvalue weighted by Gasteiger charge is 2.49. The smallest absolute Gasteiger partial charge is 0.271 e. The molecule has 10 heteroatoms. The number of methoxy groups -OCH3 is 1. The van der Waals surface area contributed by atoms with Crippen LogP contribution < -0.4 is 15.4 Å². The average molecular weight is 526 g/mol. The third kappa shape index (κ3) is 4.87. The second-order valence-electron chi connectivity index (χ2n) is 10.6. The highest BCUT2D eigenvalue weighted by Crippen LogP contribution is 2.47. The lowest BCUT2D eigenvalue weighted by Crippen LogP contribution is -2.49. The topological polar surface area (TPSA) is 127 Å². The van der Waals surface area contributed by atoms with Gasteiger partial charge in [0.1, 0.15) is 23.5 Å². The fraction of sp³-hybridized carbons (Fsp3) is 0.556. The van der Waals surface area contributed by atoms with Crippen LogP contribution in [0.25, 0.3) is 10.9 Å². The number of hydrogen-bond donors (Lipinski definition) is 3. The molecule has 1 spiro atoms. The lowest BCUT2D eigenvalue weighted by Gasteiger charge is -2.32. The van der Waals surface area contributed by atoms with Crippen molar-refractivity contribution in [3.63, 3.8) is 0 Å². The largest absolute Gasteiger partial charge is 0.496 e. The average Bonchev–Trinajstić information content (AvgIpc) is 3.62. The second-order valence-corrected chi connectivity index (χ2v) is 11.0. The molecule has 1 saturated carbocycles. The summed E-state index contributed by atoms with van der Waals surface area (Å²) in [5, 5.41) is 16.5. The quantitative estimate of drug-likeness (QED) is 0.531. The maximum Gasteiger partial charge on any atom is 0.271 e. The number of nitrogens with zero attached hydrogens (tertiary/aromatic N) is 2. The SMILES string of the molecule is COc1ccc(Cl)c2[nH]c(C(=O)N3CC4(CCCCC4)CC3C(=O)N[C@H](C#N)C[C@@H]3CCNC3=O)cc12. The highest BCUT2D eigenvalue weighted by atomic mass is 35.5. The van der Waals surface area contributed by atoms with Crippen molar-refractivity contribution >= 4 is 40.2 Å². The van der Waals surface area contributed by atoms with Crippen LogP contribution in [0.4, 0.5) is 0 Å². The molecule has 2 aliphatic heterocycles. The van der Waals surface area contributed by atoms with Crippen molar-refractivity contribution in [3.05, 3.63) is 28.9 Å². The fourth-order valence-corrected chi connectivity index (χ4v) is 6.55. The van der Waals surface area contributed by atoms with Gasteiger partial charge in [-0.2, -0.15) is 5.26 Å². The molecule has 2 saturated heterocycles. The Kier molecular flexibility index (Phi) is 7.04. The Labute approximate surface area is 220 Å². The molecular formula is C27H32ClN5O4. The number of nitrogens with one attached hydrogen (secondary N) is 3. The number of ether oxygens (including phenoxy) is 1. The van der Waals surface area contributed by atoms with Crippen LogP contribution in [0, 0.1) is 22.7 Å². The highest BCUT2D eigenvalue weighted by molar-refractivity contribution is 6.35. The van der Waals surface area contributed by atoms with E-state index in [1.165, 1.54) is 0 Å². The number of H-pyrrole nitrogens is 1. The maximum absolute atomic E-state index is 13.9. The van der Waals surface area contributed by atoms with Gasteiger partial charge in [0.2, 0.25) is 11.8 Å².